The molecule has 0 aliphatic heterocycles. The van der Waals surface area contributed by atoms with E-state index in [0.29, 0.717) is 37.9 Å². The van der Waals surface area contributed by atoms with Gasteiger partial charge in [-0.2, -0.15) is 0 Å². The van der Waals surface area contributed by atoms with Gasteiger partial charge in [-0.1, -0.05) is 169 Å². The number of unbranched alkanes of at least 4 members (excludes halogenated alkanes) is 17. The van der Waals surface area contributed by atoms with Gasteiger partial charge in [0.05, 0.1) is 13.2 Å². The monoisotopic (exact) mass is 738 g/mol. The predicted molar refractivity (Wildman–Crippen MR) is 223 cm³/mol. The fourth-order valence-electron chi connectivity index (χ4n) is 7.47. The van der Waals surface area contributed by atoms with Crippen molar-refractivity contribution in [2.24, 2.45) is 11.8 Å². The van der Waals surface area contributed by atoms with Crippen LogP contribution in [0.25, 0.3) is 0 Å². The fourth-order valence-corrected chi connectivity index (χ4v) is 7.47. The summed E-state index contributed by atoms with van der Waals surface area (Å²) in [5, 5.41) is 9.27. The Morgan fingerprint density at radius 3 is 1.10 bits per heavy atom. The summed E-state index contributed by atoms with van der Waals surface area (Å²) in [7, 11) is 0. The van der Waals surface area contributed by atoms with Gasteiger partial charge >= 0.3 is 11.9 Å². The van der Waals surface area contributed by atoms with Crippen molar-refractivity contribution in [1.29, 1.82) is 0 Å². The van der Waals surface area contributed by atoms with E-state index in [0.717, 1.165) is 71.0 Å². The second-order valence-electron chi connectivity index (χ2n) is 16.0. The SMILES string of the molecule is CCCCCC(CCCCC)CCOC(=O)CCCCCCCN(CCCCO)CCCCCCCC(=O)OCCC(CCCCC)CCCCC. The fraction of sp³-hybridized carbons (Fsp3) is 0.957. The van der Waals surface area contributed by atoms with Gasteiger partial charge in [-0.05, 0) is 82.8 Å². The van der Waals surface area contributed by atoms with Gasteiger partial charge in [0.25, 0.3) is 0 Å². The third-order valence-corrected chi connectivity index (χ3v) is 11.0. The van der Waals surface area contributed by atoms with Crippen molar-refractivity contribution in [3.05, 3.63) is 0 Å². The van der Waals surface area contributed by atoms with Crippen molar-refractivity contribution < 1.29 is 24.2 Å². The number of hydrogen-bond donors (Lipinski definition) is 1. The number of aliphatic hydroxyl groups excluding tert-OH is 1. The van der Waals surface area contributed by atoms with Crippen LogP contribution in [0.5, 0.6) is 0 Å². The van der Waals surface area contributed by atoms with Crippen molar-refractivity contribution in [3.63, 3.8) is 0 Å². The van der Waals surface area contributed by atoms with Gasteiger partial charge < -0.3 is 19.5 Å². The molecule has 0 heterocycles. The molecule has 0 spiro atoms. The molecular formula is C46H91NO5. The lowest BCUT2D eigenvalue weighted by Crippen LogP contribution is -2.27. The molecule has 0 aliphatic rings. The molecule has 6 heteroatoms. The molecule has 0 aromatic heterocycles. The van der Waals surface area contributed by atoms with Crippen LogP contribution in [0.3, 0.4) is 0 Å². The number of esters is 2. The molecule has 0 fully saturated rings. The maximum absolute atomic E-state index is 12.3. The largest absolute Gasteiger partial charge is 0.466 e. The third kappa shape index (κ3) is 35.9. The molecule has 0 rings (SSSR count). The summed E-state index contributed by atoms with van der Waals surface area (Å²) in [6.45, 7) is 13.8. The number of ether oxygens (including phenoxy) is 2. The molecule has 52 heavy (non-hydrogen) atoms. The normalized spacial score (nSPS) is 11.7. The highest BCUT2D eigenvalue weighted by atomic mass is 16.5. The van der Waals surface area contributed by atoms with Gasteiger partial charge in [-0.25, -0.2) is 0 Å². The zero-order valence-corrected chi connectivity index (χ0v) is 35.6. The molecule has 0 saturated heterocycles. The first kappa shape index (κ1) is 50.9. The van der Waals surface area contributed by atoms with Crippen LogP contribution >= 0.6 is 0 Å². The smallest absolute Gasteiger partial charge is 0.305 e. The zero-order chi connectivity index (χ0) is 38.2. The molecule has 0 aromatic carbocycles. The van der Waals surface area contributed by atoms with Crippen molar-refractivity contribution in [3.8, 4) is 0 Å². The molecule has 0 bridgehead atoms. The van der Waals surface area contributed by atoms with E-state index in [1.807, 2.05) is 0 Å². The van der Waals surface area contributed by atoms with Gasteiger partial charge in [0.1, 0.15) is 0 Å². The summed E-state index contributed by atoms with van der Waals surface area (Å²) < 4.78 is 11.3. The Kier molecular flexibility index (Phi) is 40.1. The molecule has 310 valence electrons. The summed E-state index contributed by atoms with van der Waals surface area (Å²) in [5.41, 5.74) is 0. The van der Waals surface area contributed by atoms with E-state index in [-0.39, 0.29) is 18.5 Å². The highest BCUT2D eigenvalue weighted by Gasteiger charge is 2.12. The topological polar surface area (TPSA) is 76.1 Å². The van der Waals surface area contributed by atoms with E-state index in [1.165, 1.54) is 141 Å². The number of rotatable bonds is 42. The maximum atomic E-state index is 12.3. The van der Waals surface area contributed by atoms with Crippen molar-refractivity contribution >= 4 is 11.9 Å². The lowest BCUT2D eigenvalue weighted by atomic mass is 9.92. The zero-order valence-electron chi connectivity index (χ0n) is 35.6. The summed E-state index contributed by atoms with van der Waals surface area (Å²) in [5.74, 6) is 1.41. The van der Waals surface area contributed by atoms with Crippen LogP contribution in [0.15, 0.2) is 0 Å². The lowest BCUT2D eigenvalue weighted by Gasteiger charge is -2.22. The highest BCUT2D eigenvalue weighted by molar-refractivity contribution is 5.69. The van der Waals surface area contributed by atoms with Crippen LogP contribution in [0.2, 0.25) is 0 Å². The second-order valence-corrected chi connectivity index (χ2v) is 16.0. The molecule has 6 nitrogen and oxygen atoms in total. The van der Waals surface area contributed by atoms with Crippen molar-refractivity contribution in [2.75, 3.05) is 39.5 Å². The molecule has 0 saturated carbocycles. The average Bonchev–Trinajstić information content (AvgIpc) is 3.13. The highest BCUT2D eigenvalue weighted by Crippen LogP contribution is 2.22. The predicted octanol–water partition coefficient (Wildman–Crippen LogP) is 13.2. The van der Waals surface area contributed by atoms with Crippen molar-refractivity contribution in [2.45, 2.75) is 233 Å². The minimum atomic E-state index is -0.00876. The summed E-state index contributed by atoms with van der Waals surface area (Å²) in [4.78, 5) is 27.2. The number of nitrogens with zero attached hydrogens (tertiary/aromatic N) is 1. The van der Waals surface area contributed by atoms with Gasteiger partial charge in [-0.15, -0.1) is 0 Å². The first-order chi connectivity index (χ1) is 25.5. The molecule has 0 aliphatic carbocycles. The van der Waals surface area contributed by atoms with E-state index in [1.54, 1.807) is 0 Å². The molecule has 0 amide bonds. The Morgan fingerprint density at radius 2 is 0.750 bits per heavy atom. The Labute approximate surface area is 324 Å². The quantitative estimate of drug-likeness (QED) is 0.0496. The minimum absolute atomic E-state index is 0.00876. The van der Waals surface area contributed by atoms with E-state index >= 15 is 0 Å². The summed E-state index contributed by atoms with van der Waals surface area (Å²) >= 11 is 0. The second kappa shape index (κ2) is 41.0. The van der Waals surface area contributed by atoms with E-state index < -0.39 is 0 Å². The Bertz CT molecular complexity index is 670. The van der Waals surface area contributed by atoms with E-state index in [9.17, 15) is 14.7 Å². The first-order valence-corrected chi connectivity index (χ1v) is 23.1. The van der Waals surface area contributed by atoms with Crippen LogP contribution in [-0.2, 0) is 19.1 Å². The number of hydrogen-bond acceptors (Lipinski definition) is 6. The molecular weight excluding hydrogens is 647 g/mol. The minimum Gasteiger partial charge on any atom is -0.466 e. The molecule has 1 N–H and O–H groups in total. The van der Waals surface area contributed by atoms with Crippen LogP contribution in [0.1, 0.15) is 233 Å². The Balaban J connectivity index is 4.05. The van der Waals surface area contributed by atoms with E-state index in [4.69, 9.17) is 9.47 Å². The molecule has 0 aromatic rings. The molecule has 0 atom stereocenters. The summed E-state index contributed by atoms with van der Waals surface area (Å²) in [6.07, 6.45) is 37.0. The number of aliphatic hydroxyl groups is 1. The van der Waals surface area contributed by atoms with Crippen LogP contribution in [0, 0.1) is 11.8 Å². The average molecular weight is 738 g/mol. The standard InChI is InChI=1S/C46H91NO5/c1-5-9-19-29-43(30-20-10-6-2)35-41-51-45(49)33-23-15-13-17-25-37-47(39-27-28-40-48)38-26-18-14-16-24-34-46(50)52-42-36-44(31-21-11-7-3)32-22-12-8-4/h43-44,48H,5-42H2,1-4H3. The Morgan fingerprint density at radius 1 is 0.423 bits per heavy atom. The van der Waals surface area contributed by atoms with Crippen molar-refractivity contribution in [1.82, 2.24) is 4.90 Å². The van der Waals surface area contributed by atoms with Crippen LogP contribution in [0.4, 0.5) is 0 Å². The van der Waals surface area contributed by atoms with Gasteiger partial charge in [0.15, 0.2) is 0 Å². The van der Waals surface area contributed by atoms with Crippen LogP contribution < -0.4 is 0 Å². The lowest BCUT2D eigenvalue weighted by molar-refractivity contribution is -0.145. The van der Waals surface area contributed by atoms with Gasteiger partial charge in [0.2, 0.25) is 0 Å². The van der Waals surface area contributed by atoms with Gasteiger partial charge in [0, 0.05) is 19.4 Å². The Hall–Kier alpha value is -1.14. The maximum Gasteiger partial charge on any atom is 0.305 e. The first-order valence-electron chi connectivity index (χ1n) is 23.1. The third-order valence-electron chi connectivity index (χ3n) is 11.0. The molecule has 0 radical (unpaired) electrons. The van der Waals surface area contributed by atoms with E-state index in [2.05, 4.69) is 32.6 Å². The van der Waals surface area contributed by atoms with Gasteiger partial charge in [-0.3, -0.25) is 9.59 Å². The van der Waals surface area contributed by atoms with Crippen LogP contribution in [-0.4, -0.2) is 61.4 Å². The molecule has 0 unspecified atom stereocenters. The number of carbonyl (C=O) groups is 2. The summed E-state index contributed by atoms with van der Waals surface area (Å²) in [6, 6.07) is 0. The number of carbonyl (C=O) groups excluding carboxylic acids is 2.